The number of hydrogen-bond acceptors (Lipinski definition) is 4. The van der Waals surface area contributed by atoms with Crippen molar-refractivity contribution in [3.05, 3.63) is 33.4 Å². The van der Waals surface area contributed by atoms with Crippen molar-refractivity contribution in [1.29, 1.82) is 5.41 Å². The number of hydrogen-bond donors (Lipinski definition) is 2. The summed E-state index contributed by atoms with van der Waals surface area (Å²) in [5.74, 6) is -0.405. The van der Waals surface area contributed by atoms with Crippen LogP contribution >= 0.6 is 22.6 Å². The second-order valence-corrected chi connectivity index (χ2v) is 8.19. The van der Waals surface area contributed by atoms with E-state index in [1.807, 2.05) is 12.1 Å². The minimum atomic E-state index is -3.54. The summed E-state index contributed by atoms with van der Waals surface area (Å²) in [5.41, 5.74) is 0.702. The summed E-state index contributed by atoms with van der Waals surface area (Å²) >= 11 is 2.16. The van der Waals surface area contributed by atoms with Crippen LogP contribution in [0.2, 0.25) is 0 Å². The van der Waals surface area contributed by atoms with Crippen molar-refractivity contribution in [1.82, 2.24) is 9.62 Å². The number of amidine groups is 1. The van der Waals surface area contributed by atoms with Gasteiger partial charge in [-0.1, -0.05) is 12.1 Å². The lowest BCUT2D eigenvalue weighted by Gasteiger charge is -2.30. The number of amides is 1. The molecule has 0 spiro atoms. The van der Waals surface area contributed by atoms with E-state index < -0.39 is 16.1 Å². The largest absolute Gasteiger partial charge is 0.313 e. The van der Waals surface area contributed by atoms with Crippen molar-refractivity contribution in [2.45, 2.75) is 24.6 Å². The van der Waals surface area contributed by atoms with Gasteiger partial charge in [0.15, 0.2) is 0 Å². The van der Waals surface area contributed by atoms with E-state index in [4.69, 9.17) is 5.41 Å². The molecule has 1 unspecified atom stereocenters. The van der Waals surface area contributed by atoms with Crippen LogP contribution < -0.4 is 5.32 Å². The molecule has 2 N–H and O–H groups in total. The number of rotatable bonds is 4. The Morgan fingerprint density at radius 3 is 2.57 bits per heavy atom. The molecule has 1 amide bonds. The number of likely N-dealkylation sites (N-methyl/N-ethyl adjacent to an activating group) is 1. The van der Waals surface area contributed by atoms with Crippen LogP contribution in [0.3, 0.4) is 0 Å². The third-order valence-electron chi connectivity index (χ3n) is 3.39. The lowest BCUT2D eigenvalue weighted by atomic mass is 10.1. The average molecular weight is 421 g/mol. The second-order valence-electron chi connectivity index (χ2n) is 4.92. The first-order valence-corrected chi connectivity index (χ1v) is 9.07. The molecule has 0 radical (unpaired) electrons. The summed E-state index contributed by atoms with van der Waals surface area (Å²) < 4.78 is 27.1. The predicted octanol–water partition coefficient (Wildman–Crippen LogP) is 1.31. The SMILES string of the molecule is CN(C1CCC(=O)NC1=N)S(=O)(=O)Cc1ccc(I)cc1. The minimum Gasteiger partial charge on any atom is -0.313 e. The minimum absolute atomic E-state index is 0.0556. The number of benzene rings is 1. The van der Waals surface area contributed by atoms with Crippen LogP contribution in [0, 0.1) is 8.98 Å². The monoisotopic (exact) mass is 421 g/mol. The van der Waals surface area contributed by atoms with E-state index in [-0.39, 0.29) is 23.9 Å². The lowest BCUT2D eigenvalue weighted by molar-refractivity contribution is -0.120. The van der Waals surface area contributed by atoms with Gasteiger partial charge >= 0.3 is 0 Å². The fraction of sp³-hybridized carbons (Fsp3) is 0.385. The summed E-state index contributed by atoms with van der Waals surface area (Å²) in [6.45, 7) is 0. The molecule has 1 aromatic carbocycles. The van der Waals surface area contributed by atoms with Crippen molar-refractivity contribution >= 4 is 44.4 Å². The van der Waals surface area contributed by atoms with Gasteiger partial charge in [0.05, 0.1) is 11.8 Å². The van der Waals surface area contributed by atoms with Gasteiger partial charge in [-0.15, -0.1) is 0 Å². The predicted molar refractivity (Wildman–Crippen MR) is 88.4 cm³/mol. The zero-order chi connectivity index (χ0) is 15.6. The quantitative estimate of drug-likeness (QED) is 0.719. The third kappa shape index (κ3) is 4.01. The zero-order valence-corrected chi connectivity index (χ0v) is 14.4. The average Bonchev–Trinajstić information content (AvgIpc) is 2.40. The number of carbonyl (C=O) groups is 1. The first-order chi connectivity index (χ1) is 9.79. The maximum absolute atomic E-state index is 12.4. The number of carbonyl (C=O) groups excluding carboxylic acids is 1. The zero-order valence-electron chi connectivity index (χ0n) is 11.5. The number of piperidine rings is 1. The highest BCUT2D eigenvalue weighted by molar-refractivity contribution is 14.1. The highest BCUT2D eigenvalue weighted by Gasteiger charge is 2.33. The van der Waals surface area contributed by atoms with Crippen LogP contribution in [0.5, 0.6) is 0 Å². The molecule has 6 nitrogen and oxygen atoms in total. The maximum Gasteiger partial charge on any atom is 0.225 e. The molecular weight excluding hydrogens is 405 g/mol. The van der Waals surface area contributed by atoms with Gasteiger partial charge < -0.3 is 5.32 Å². The highest BCUT2D eigenvalue weighted by Crippen LogP contribution is 2.18. The van der Waals surface area contributed by atoms with Gasteiger partial charge in [-0.25, -0.2) is 8.42 Å². The van der Waals surface area contributed by atoms with E-state index in [2.05, 4.69) is 27.9 Å². The van der Waals surface area contributed by atoms with Crippen LogP contribution in [0.25, 0.3) is 0 Å². The molecule has 1 atom stereocenters. The Labute approximate surface area is 137 Å². The lowest BCUT2D eigenvalue weighted by Crippen LogP contribution is -2.52. The number of nitrogens with zero attached hydrogens (tertiary/aromatic N) is 1. The molecule has 1 aliphatic rings. The van der Waals surface area contributed by atoms with Crippen LogP contribution in [0.15, 0.2) is 24.3 Å². The first kappa shape index (κ1) is 16.4. The van der Waals surface area contributed by atoms with Crippen LogP contribution in [0.1, 0.15) is 18.4 Å². The van der Waals surface area contributed by atoms with E-state index in [1.165, 1.54) is 11.4 Å². The normalized spacial score (nSPS) is 19.7. The molecule has 0 bridgehead atoms. The fourth-order valence-electron chi connectivity index (χ4n) is 2.16. The number of nitrogens with one attached hydrogen (secondary N) is 2. The molecule has 1 aromatic rings. The summed E-state index contributed by atoms with van der Waals surface area (Å²) in [5, 5.41) is 10.1. The van der Waals surface area contributed by atoms with Gasteiger partial charge in [-0.05, 0) is 46.7 Å². The van der Waals surface area contributed by atoms with Crippen molar-refractivity contribution in [3.63, 3.8) is 0 Å². The Morgan fingerprint density at radius 2 is 2.00 bits per heavy atom. The molecule has 2 rings (SSSR count). The Balaban J connectivity index is 2.13. The molecule has 21 heavy (non-hydrogen) atoms. The van der Waals surface area contributed by atoms with Crippen molar-refractivity contribution in [2.75, 3.05) is 7.05 Å². The van der Waals surface area contributed by atoms with E-state index in [9.17, 15) is 13.2 Å². The van der Waals surface area contributed by atoms with Crippen molar-refractivity contribution < 1.29 is 13.2 Å². The van der Waals surface area contributed by atoms with Crippen LogP contribution in [0.4, 0.5) is 0 Å². The number of sulfonamides is 1. The summed E-state index contributed by atoms with van der Waals surface area (Å²) in [6, 6.07) is 6.67. The van der Waals surface area contributed by atoms with Crippen molar-refractivity contribution in [2.24, 2.45) is 0 Å². The maximum atomic E-state index is 12.4. The fourth-order valence-corrected chi connectivity index (χ4v) is 3.93. The van der Waals surface area contributed by atoms with Gasteiger partial charge in [0.2, 0.25) is 15.9 Å². The molecule has 0 aliphatic carbocycles. The molecule has 0 aromatic heterocycles. The van der Waals surface area contributed by atoms with E-state index in [0.717, 1.165) is 3.57 Å². The molecule has 114 valence electrons. The highest BCUT2D eigenvalue weighted by atomic mass is 127. The Hall–Kier alpha value is -1.000. The van der Waals surface area contributed by atoms with E-state index in [1.54, 1.807) is 12.1 Å². The Kier molecular flexibility index (Phi) is 4.99. The molecule has 1 saturated heterocycles. The van der Waals surface area contributed by atoms with Crippen LogP contribution in [-0.4, -0.2) is 37.6 Å². The molecular formula is C13H16IN3O3S. The molecule has 1 aliphatic heterocycles. The smallest absolute Gasteiger partial charge is 0.225 e. The summed E-state index contributed by atoms with van der Waals surface area (Å²) in [4.78, 5) is 11.2. The van der Waals surface area contributed by atoms with Gasteiger partial charge in [0.1, 0.15) is 5.84 Å². The standard InChI is InChI=1S/C13H16IN3O3S/c1-17(11-6-7-12(18)16-13(11)15)21(19,20)8-9-2-4-10(14)5-3-9/h2-5,11H,6-8H2,1H3,(H2,15,16,18). The molecule has 1 heterocycles. The Morgan fingerprint density at radius 1 is 1.38 bits per heavy atom. The molecule has 1 fully saturated rings. The van der Waals surface area contributed by atoms with Gasteiger partial charge in [0.25, 0.3) is 0 Å². The third-order valence-corrected chi connectivity index (χ3v) is 5.94. The van der Waals surface area contributed by atoms with E-state index in [0.29, 0.717) is 12.0 Å². The first-order valence-electron chi connectivity index (χ1n) is 6.38. The van der Waals surface area contributed by atoms with E-state index >= 15 is 0 Å². The van der Waals surface area contributed by atoms with Crippen LogP contribution in [-0.2, 0) is 20.6 Å². The number of halogens is 1. The van der Waals surface area contributed by atoms with Gasteiger partial charge in [-0.2, -0.15) is 4.31 Å². The summed E-state index contributed by atoms with van der Waals surface area (Å²) in [7, 11) is -2.08. The molecule has 0 saturated carbocycles. The van der Waals surface area contributed by atoms with Gasteiger partial charge in [-0.3, -0.25) is 10.2 Å². The molecule has 8 heteroatoms. The summed E-state index contributed by atoms with van der Waals surface area (Å²) in [6.07, 6.45) is 0.573. The topological polar surface area (TPSA) is 90.3 Å². The Bertz CT molecular complexity index is 658. The van der Waals surface area contributed by atoms with Gasteiger partial charge in [0, 0.05) is 17.0 Å². The van der Waals surface area contributed by atoms with Crippen molar-refractivity contribution in [3.8, 4) is 0 Å². The second kappa shape index (κ2) is 6.41.